The van der Waals surface area contributed by atoms with E-state index in [1.807, 2.05) is 11.5 Å². The molecule has 2 aromatic carbocycles. The zero-order valence-corrected chi connectivity index (χ0v) is 19.8. The van der Waals surface area contributed by atoms with Crippen LogP contribution in [0.15, 0.2) is 41.6 Å². The van der Waals surface area contributed by atoms with Gasteiger partial charge in [-0.05, 0) is 43.3 Å². The minimum absolute atomic E-state index is 0.117. The number of carbonyl (C=O) groups excluding carboxylic acids is 2. The molecule has 0 saturated carbocycles. The van der Waals surface area contributed by atoms with Crippen LogP contribution in [-0.2, 0) is 17.9 Å². The van der Waals surface area contributed by atoms with Crippen molar-refractivity contribution >= 4 is 52.5 Å². The number of amides is 2. The molecular weight excluding hydrogens is 489 g/mol. The second-order valence-electron chi connectivity index (χ2n) is 6.89. The molecule has 3 aromatic rings. The lowest BCUT2D eigenvalue weighted by Crippen LogP contribution is -2.24. The van der Waals surface area contributed by atoms with Gasteiger partial charge in [-0.15, -0.1) is 10.2 Å². The van der Waals surface area contributed by atoms with Crippen LogP contribution in [0.1, 0.15) is 23.1 Å². The fraction of sp³-hybridized carbons (Fsp3) is 0.238. The number of rotatable bonds is 8. The van der Waals surface area contributed by atoms with Crippen molar-refractivity contribution in [2.75, 3.05) is 17.9 Å². The number of nitrogens with zero attached hydrogens (tertiary/aromatic N) is 3. The molecule has 0 atom stereocenters. The topological polar surface area (TPSA) is 107 Å². The Morgan fingerprint density at radius 1 is 1.09 bits per heavy atom. The van der Waals surface area contributed by atoms with Gasteiger partial charge >= 0.3 is 0 Å². The van der Waals surface area contributed by atoms with E-state index in [1.165, 1.54) is 11.8 Å². The summed E-state index contributed by atoms with van der Waals surface area (Å²) in [7, 11) is 0. The van der Waals surface area contributed by atoms with E-state index in [2.05, 4.69) is 20.8 Å². The van der Waals surface area contributed by atoms with Crippen molar-refractivity contribution in [1.29, 1.82) is 0 Å². The lowest BCUT2D eigenvalue weighted by molar-refractivity contribution is -0.113. The van der Waals surface area contributed by atoms with Gasteiger partial charge in [0.2, 0.25) is 12.7 Å². The summed E-state index contributed by atoms with van der Waals surface area (Å²) in [6.07, 6.45) is 0. The van der Waals surface area contributed by atoms with Gasteiger partial charge in [0.25, 0.3) is 5.91 Å². The Hall–Kier alpha value is -2.95. The third kappa shape index (κ3) is 5.70. The molecule has 0 fully saturated rings. The van der Waals surface area contributed by atoms with Crippen LogP contribution in [-0.4, -0.2) is 39.1 Å². The lowest BCUT2D eigenvalue weighted by atomic mass is 10.2. The molecule has 33 heavy (non-hydrogen) atoms. The molecule has 0 spiro atoms. The minimum atomic E-state index is -0.271. The van der Waals surface area contributed by atoms with Gasteiger partial charge in [0.15, 0.2) is 22.5 Å². The first-order valence-corrected chi connectivity index (χ1v) is 11.7. The van der Waals surface area contributed by atoms with Crippen molar-refractivity contribution in [3.8, 4) is 11.5 Å². The summed E-state index contributed by atoms with van der Waals surface area (Å²) in [6, 6.07) is 9.82. The molecule has 2 N–H and O–H groups in total. The number of hydrogen-bond acceptors (Lipinski definition) is 7. The Labute approximate surface area is 203 Å². The van der Waals surface area contributed by atoms with Gasteiger partial charge in [-0.25, -0.2) is 0 Å². The smallest absolute Gasteiger partial charge is 0.251 e. The number of thioether (sulfide) groups is 1. The summed E-state index contributed by atoms with van der Waals surface area (Å²) >= 11 is 13.2. The highest BCUT2D eigenvalue weighted by Crippen LogP contribution is 2.32. The van der Waals surface area contributed by atoms with Crippen LogP contribution in [0.25, 0.3) is 0 Å². The number of nitrogens with one attached hydrogen (secondary N) is 2. The van der Waals surface area contributed by atoms with Crippen molar-refractivity contribution in [3.63, 3.8) is 0 Å². The Morgan fingerprint density at radius 2 is 1.85 bits per heavy atom. The molecule has 0 unspecified atom stereocenters. The number of aromatic nitrogens is 3. The molecule has 1 aliphatic heterocycles. The Bertz CT molecular complexity index is 1180. The van der Waals surface area contributed by atoms with E-state index in [0.29, 0.717) is 50.3 Å². The minimum Gasteiger partial charge on any atom is -0.454 e. The summed E-state index contributed by atoms with van der Waals surface area (Å²) in [6.45, 7) is 2.84. The molecule has 4 rings (SSSR count). The number of fused-ring (bicyclic) bond motifs is 1. The van der Waals surface area contributed by atoms with E-state index in [1.54, 1.807) is 36.4 Å². The molecule has 0 bridgehead atoms. The molecule has 2 heterocycles. The van der Waals surface area contributed by atoms with Gasteiger partial charge in [0, 0.05) is 27.8 Å². The van der Waals surface area contributed by atoms with Gasteiger partial charge in [0.05, 0.1) is 12.3 Å². The lowest BCUT2D eigenvalue weighted by Gasteiger charge is -2.09. The Morgan fingerprint density at radius 3 is 2.61 bits per heavy atom. The summed E-state index contributed by atoms with van der Waals surface area (Å²) in [5, 5.41) is 15.3. The van der Waals surface area contributed by atoms with Crippen molar-refractivity contribution < 1.29 is 19.1 Å². The largest absolute Gasteiger partial charge is 0.454 e. The summed E-state index contributed by atoms with van der Waals surface area (Å²) in [5.41, 5.74) is 0.969. The van der Waals surface area contributed by atoms with Crippen molar-refractivity contribution in [2.45, 2.75) is 25.2 Å². The maximum absolute atomic E-state index is 12.5. The normalized spacial score (nSPS) is 12.0. The maximum Gasteiger partial charge on any atom is 0.251 e. The van der Waals surface area contributed by atoms with Gasteiger partial charge < -0.3 is 24.7 Å². The fourth-order valence-corrected chi connectivity index (χ4v) is 4.47. The fourth-order valence-electron chi connectivity index (χ4n) is 3.13. The molecule has 0 radical (unpaired) electrons. The summed E-state index contributed by atoms with van der Waals surface area (Å²) in [5.74, 6) is 1.34. The predicted molar refractivity (Wildman–Crippen MR) is 125 cm³/mol. The average Bonchev–Trinajstić information content (AvgIpc) is 3.41. The predicted octanol–water partition coefficient (Wildman–Crippen LogP) is 3.99. The van der Waals surface area contributed by atoms with E-state index in [-0.39, 0.29) is 30.9 Å². The van der Waals surface area contributed by atoms with Gasteiger partial charge in [-0.3, -0.25) is 9.59 Å². The highest BCUT2D eigenvalue weighted by Gasteiger charge is 2.18. The van der Waals surface area contributed by atoms with Gasteiger partial charge in [-0.1, -0.05) is 35.0 Å². The van der Waals surface area contributed by atoms with E-state index in [4.69, 9.17) is 32.7 Å². The molecule has 1 aromatic heterocycles. The number of carbonyl (C=O) groups is 2. The molecular formula is C21H19Cl2N5O4S. The first-order chi connectivity index (χ1) is 15.9. The molecule has 0 aliphatic carbocycles. The third-order valence-electron chi connectivity index (χ3n) is 4.63. The maximum atomic E-state index is 12.5. The Balaban J connectivity index is 1.33. The van der Waals surface area contributed by atoms with Crippen LogP contribution < -0.4 is 20.1 Å². The Kier molecular flexibility index (Phi) is 7.26. The number of hydrogen-bond donors (Lipinski definition) is 2. The summed E-state index contributed by atoms with van der Waals surface area (Å²) in [4.78, 5) is 24.8. The zero-order chi connectivity index (χ0) is 23.4. The second kappa shape index (κ2) is 10.3. The molecule has 1 aliphatic rings. The quantitative estimate of drug-likeness (QED) is 0.443. The number of anilines is 1. The number of ether oxygens (including phenoxy) is 2. The zero-order valence-electron chi connectivity index (χ0n) is 17.4. The van der Waals surface area contributed by atoms with Crippen LogP contribution >= 0.6 is 35.0 Å². The first kappa shape index (κ1) is 23.2. The van der Waals surface area contributed by atoms with Crippen LogP contribution in [0.5, 0.6) is 11.5 Å². The number of halogens is 2. The molecule has 9 nitrogen and oxygen atoms in total. The highest BCUT2D eigenvalue weighted by atomic mass is 35.5. The molecule has 172 valence electrons. The van der Waals surface area contributed by atoms with E-state index in [9.17, 15) is 9.59 Å². The molecule has 12 heteroatoms. The standard InChI is InChI=1S/C21H19Cl2N5O4S/c1-2-28-18(9-24-20(30)12-3-4-16-17(5-12)32-11-31-16)26-27-21(28)33-10-19(29)25-15-7-13(22)6-14(23)8-15/h3-8H,2,9-11H2,1H3,(H,24,30)(H,25,29). The number of benzene rings is 2. The average molecular weight is 508 g/mol. The molecule has 0 saturated heterocycles. The van der Waals surface area contributed by atoms with Crippen molar-refractivity contribution in [3.05, 3.63) is 57.8 Å². The monoisotopic (exact) mass is 507 g/mol. The van der Waals surface area contributed by atoms with Crippen molar-refractivity contribution in [1.82, 2.24) is 20.1 Å². The second-order valence-corrected chi connectivity index (χ2v) is 8.70. The van der Waals surface area contributed by atoms with Crippen molar-refractivity contribution in [2.24, 2.45) is 0 Å². The van der Waals surface area contributed by atoms with E-state index >= 15 is 0 Å². The van der Waals surface area contributed by atoms with Crippen LogP contribution in [0.3, 0.4) is 0 Å². The van der Waals surface area contributed by atoms with Crippen LogP contribution in [0.2, 0.25) is 10.0 Å². The van der Waals surface area contributed by atoms with E-state index < -0.39 is 0 Å². The summed E-state index contributed by atoms with van der Waals surface area (Å²) < 4.78 is 12.4. The highest BCUT2D eigenvalue weighted by molar-refractivity contribution is 7.99. The van der Waals surface area contributed by atoms with Crippen LogP contribution in [0, 0.1) is 0 Å². The molecule has 2 amide bonds. The van der Waals surface area contributed by atoms with Crippen LogP contribution in [0.4, 0.5) is 5.69 Å². The first-order valence-electron chi connectivity index (χ1n) is 9.91. The third-order valence-corrected chi connectivity index (χ3v) is 6.03. The van der Waals surface area contributed by atoms with Gasteiger partial charge in [0.1, 0.15) is 0 Å². The van der Waals surface area contributed by atoms with E-state index in [0.717, 1.165) is 0 Å². The van der Waals surface area contributed by atoms with Gasteiger partial charge in [-0.2, -0.15) is 0 Å². The SMILES string of the molecule is CCn1c(CNC(=O)c2ccc3c(c2)OCO3)nnc1SCC(=O)Nc1cc(Cl)cc(Cl)c1.